The number of carboxylic acids is 1. The predicted octanol–water partition coefficient (Wildman–Crippen LogP) is 3.01. The van der Waals surface area contributed by atoms with Gasteiger partial charge in [-0.05, 0) is 90.7 Å². The summed E-state index contributed by atoms with van der Waals surface area (Å²) in [7, 11) is 3.43. The number of phenolic OH excluding ortho intramolecular Hbond substituents is 1. The number of unbranched alkanes of at least 4 members (excludes halogenated alkanes) is 1. The van der Waals surface area contributed by atoms with E-state index in [2.05, 4.69) is 36.6 Å². The number of carboxylic acid groups (broad SMARTS) is 1. The number of nitrogens with zero attached hydrogens (tertiary/aromatic N) is 1. The zero-order chi connectivity index (χ0) is 60.0. The standard InChI is InChI=1S/C59H71N9O12S3/c1-35(69)43-32-50(71)44(20-12-13-27-60)61-57(77)51(68(2)58(78)41-24-23-39-18-10-11-19-40(39)31-41)66-55(75)47(30-38-21-25-42(70)26-22-38)63-53(73)46(29-37-16-8-5-9-17-37)64-56(76)48(67-81-3)33-82-83-34-49(59(79)80)65-54(74)45(62-52(43)72)28-36-14-6-4-7-15-36/h4-11,14-19,21-26,31,35,43-49,51,67,69-70H,12-13,20,27-30,32-34,60H2,1-3H3,(H,61,77)(H,62,72)(H,63,73)(H,64,76)(H,65,74)(H,66,75)(H,79,80)/t35?,43-,44-,45-,46-,47-,48+,49-,51+/m0/s1. The van der Waals surface area contributed by atoms with Crippen LogP contribution in [-0.2, 0) is 57.6 Å². The molecule has 0 aromatic heterocycles. The number of nitrogens with two attached hydrogens (primary N) is 1. The van der Waals surface area contributed by atoms with E-state index in [0.29, 0.717) is 28.5 Å². The monoisotopic (exact) mass is 1190 g/mol. The molecule has 0 radical (unpaired) electrons. The number of carbonyl (C=O) groups is 9. The highest BCUT2D eigenvalue weighted by molar-refractivity contribution is 8.76. The molecule has 1 aliphatic rings. The minimum atomic E-state index is -1.90. The highest BCUT2D eigenvalue weighted by Gasteiger charge is 2.38. The van der Waals surface area contributed by atoms with Crippen molar-refractivity contribution in [1.29, 1.82) is 0 Å². The Hall–Kier alpha value is -7.48. The van der Waals surface area contributed by atoms with Gasteiger partial charge in [0.2, 0.25) is 29.5 Å². The van der Waals surface area contributed by atoms with Gasteiger partial charge in [-0.2, -0.15) is 0 Å². The number of carbonyl (C=O) groups excluding carboxylic acids is 8. The third-order valence-electron chi connectivity index (χ3n) is 13.8. The molecule has 0 spiro atoms. The summed E-state index contributed by atoms with van der Waals surface area (Å²) in [6.45, 7) is 1.49. The van der Waals surface area contributed by atoms with Crippen molar-refractivity contribution < 1.29 is 58.5 Å². The number of benzene rings is 5. The number of aromatic hydroxyl groups is 1. The maximum atomic E-state index is 15.1. The molecule has 442 valence electrons. The lowest BCUT2D eigenvalue weighted by molar-refractivity contribution is -0.142. The number of fused-ring (bicyclic) bond motifs is 1. The van der Waals surface area contributed by atoms with E-state index >= 15 is 9.59 Å². The second-order valence-electron chi connectivity index (χ2n) is 20.0. The molecule has 83 heavy (non-hydrogen) atoms. The third kappa shape index (κ3) is 19.6. The van der Waals surface area contributed by atoms with Crippen molar-refractivity contribution in [2.75, 3.05) is 31.4 Å². The first-order valence-electron chi connectivity index (χ1n) is 27.0. The van der Waals surface area contributed by atoms with E-state index in [9.17, 15) is 48.9 Å². The Bertz CT molecular complexity index is 3040. The Morgan fingerprint density at radius 1 is 0.639 bits per heavy atom. The number of aliphatic hydroxyl groups is 1. The van der Waals surface area contributed by atoms with Gasteiger partial charge in [0.25, 0.3) is 11.8 Å². The number of ketones is 1. The molecule has 0 bridgehead atoms. The van der Waals surface area contributed by atoms with E-state index in [0.717, 1.165) is 43.8 Å². The van der Waals surface area contributed by atoms with Gasteiger partial charge in [-0.15, -0.1) is 0 Å². The summed E-state index contributed by atoms with van der Waals surface area (Å²) < 4.78 is 3.02. The molecule has 9 atom stereocenters. The first kappa shape index (κ1) is 64.7. The molecule has 5 aromatic carbocycles. The molecular weight excluding hydrogens is 1120 g/mol. The van der Waals surface area contributed by atoms with Crippen LogP contribution in [0.2, 0.25) is 0 Å². The van der Waals surface area contributed by atoms with Crippen LogP contribution in [0, 0.1) is 5.92 Å². The lowest BCUT2D eigenvalue weighted by Crippen LogP contribution is -2.63. The zero-order valence-electron chi connectivity index (χ0n) is 46.2. The molecule has 0 saturated carbocycles. The van der Waals surface area contributed by atoms with Crippen LogP contribution in [0.1, 0.15) is 59.7 Å². The van der Waals surface area contributed by atoms with E-state index in [1.165, 1.54) is 38.2 Å². The normalized spacial score (nSPS) is 22.6. The van der Waals surface area contributed by atoms with Crippen LogP contribution in [0.25, 0.3) is 10.8 Å². The third-order valence-corrected chi connectivity index (χ3v) is 16.8. The number of rotatable bonds is 16. The summed E-state index contributed by atoms with van der Waals surface area (Å²) in [5, 5.41) is 49.3. The Morgan fingerprint density at radius 3 is 1.73 bits per heavy atom. The molecule has 6 rings (SSSR count). The lowest BCUT2D eigenvalue weighted by atomic mass is 9.91. The molecule has 5 aromatic rings. The number of phenols is 1. The first-order valence-corrected chi connectivity index (χ1v) is 30.7. The van der Waals surface area contributed by atoms with Gasteiger partial charge in [-0.3, -0.25) is 43.1 Å². The number of aliphatic carboxylic acids is 1. The maximum Gasteiger partial charge on any atom is 0.327 e. The smallest absolute Gasteiger partial charge is 0.327 e. The van der Waals surface area contributed by atoms with Gasteiger partial charge in [-0.25, -0.2) is 4.79 Å². The summed E-state index contributed by atoms with van der Waals surface area (Å²) in [4.78, 5) is 131. The minimum Gasteiger partial charge on any atom is -0.508 e. The summed E-state index contributed by atoms with van der Waals surface area (Å²) in [6, 6.07) is 27.1. The molecule has 21 nitrogen and oxygen atoms in total. The largest absolute Gasteiger partial charge is 0.508 e. The SMILES string of the molecule is CSN[C@@H]1CSSC[C@@H](C(=O)O)NC(=O)[C@H](Cc2ccccc2)NC(=O)[C@H](C(C)O)CC(=O)[C@H](CCCCN)NC(=O)[C@@H](N(C)C(=O)c2ccc3ccccc3c2)NC(=O)[C@H](Cc2ccc(O)cc2)NC(=O)[C@H](Cc2ccccc2)NC1=O. The van der Waals surface area contributed by atoms with Crippen LogP contribution in [-0.4, -0.2) is 153 Å². The molecule has 1 aliphatic heterocycles. The van der Waals surface area contributed by atoms with Crippen molar-refractivity contribution in [3.05, 3.63) is 150 Å². The van der Waals surface area contributed by atoms with Gasteiger partial charge < -0.3 is 57.9 Å². The molecule has 1 unspecified atom stereocenters. The summed E-state index contributed by atoms with van der Waals surface area (Å²) in [5.74, 6) is -9.94. The van der Waals surface area contributed by atoms with E-state index in [4.69, 9.17) is 5.73 Å². The van der Waals surface area contributed by atoms with Crippen molar-refractivity contribution in [2.45, 2.75) is 100 Å². The van der Waals surface area contributed by atoms with E-state index in [-0.39, 0.29) is 61.5 Å². The molecule has 12 N–H and O–H groups in total. The quantitative estimate of drug-likeness (QED) is 0.0384. The number of aliphatic hydroxyl groups excluding tert-OH is 1. The predicted molar refractivity (Wildman–Crippen MR) is 320 cm³/mol. The number of nitrogens with one attached hydrogen (secondary N) is 7. The van der Waals surface area contributed by atoms with Crippen molar-refractivity contribution >= 4 is 97.4 Å². The van der Waals surface area contributed by atoms with E-state index < -0.39 is 114 Å². The number of hydrogen-bond donors (Lipinski definition) is 11. The highest BCUT2D eigenvalue weighted by atomic mass is 33.1. The van der Waals surface area contributed by atoms with E-state index in [1.54, 1.807) is 97.3 Å². The topological polar surface area (TPSA) is 328 Å². The molecule has 1 heterocycles. The number of Topliss-reactive ketones (excluding diaryl/α,β-unsaturated/α-hetero) is 1. The lowest BCUT2D eigenvalue weighted by Gasteiger charge is -2.32. The Kier molecular flexibility index (Phi) is 25.2. The van der Waals surface area contributed by atoms with Crippen molar-refractivity contribution in [1.82, 2.24) is 41.5 Å². The van der Waals surface area contributed by atoms with Gasteiger partial charge in [0, 0.05) is 49.8 Å². The second-order valence-corrected chi connectivity index (χ2v) is 23.2. The van der Waals surface area contributed by atoms with Gasteiger partial charge in [0.15, 0.2) is 11.9 Å². The summed E-state index contributed by atoms with van der Waals surface area (Å²) >= 11 is 1.12. The first-order chi connectivity index (χ1) is 39.8. The fourth-order valence-electron chi connectivity index (χ4n) is 9.12. The van der Waals surface area contributed by atoms with Crippen LogP contribution < -0.4 is 42.4 Å². The second kappa shape index (κ2) is 32.4. The molecule has 7 amide bonds. The molecule has 0 aliphatic carbocycles. The average Bonchev–Trinajstić information content (AvgIpc) is 3.67. The molecule has 1 saturated heterocycles. The Balaban J connectivity index is 1.45. The fraction of sp³-hybridized carbons (Fsp3) is 0.373. The number of likely N-dealkylation sites (N-methyl/N-ethyl adjacent to an activating group) is 1. The fourth-order valence-corrected chi connectivity index (χ4v) is 12.0. The van der Waals surface area contributed by atoms with E-state index in [1.807, 2.05) is 12.1 Å². The van der Waals surface area contributed by atoms with Crippen LogP contribution in [0.5, 0.6) is 5.75 Å². The summed E-state index contributed by atoms with van der Waals surface area (Å²) in [5.41, 5.74) is 7.66. The van der Waals surface area contributed by atoms with Gasteiger partial charge in [0.05, 0.1) is 18.1 Å². The number of hydrogen-bond acceptors (Lipinski definition) is 16. The minimum absolute atomic E-state index is 0.0259. The van der Waals surface area contributed by atoms with Crippen LogP contribution in [0.15, 0.2) is 127 Å². The van der Waals surface area contributed by atoms with Crippen LogP contribution in [0.4, 0.5) is 0 Å². The van der Waals surface area contributed by atoms with Crippen molar-refractivity contribution in [3.8, 4) is 5.75 Å². The average molecular weight is 1190 g/mol. The molecular formula is C59H71N9O12S3. The Labute approximate surface area is 493 Å². The molecule has 1 fully saturated rings. The van der Waals surface area contributed by atoms with Crippen LogP contribution in [0.3, 0.4) is 0 Å². The van der Waals surface area contributed by atoms with Gasteiger partial charge >= 0.3 is 5.97 Å². The molecule has 24 heteroatoms. The maximum absolute atomic E-state index is 15.1. The number of amides is 7. The zero-order valence-corrected chi connectivity index (χ0v) is 48.6. The Morgan fingerprint density at radius 2 is 1.16 bits per heavy atom. The van der Waals surface area contributed by atoms with Crippen molar-refractivity contribution in [3.63, 3.8) is 0 Å². The van der Waals surface area contributed by atoms with Gasteiger partial charge in [0.1, 0.15) is 36.0 Å². The van der Waals surface area contributed by atoms with Gasteiger partial charge in [-0.1, -0.05) is 137 Å². The highest BCUT2D eigenvalue weighted by Crippen LogP contribution is 2.25. The van der Waals surface area contributed by atoms with Crippen molar-refractivity contribution in [2.24, 2.45) is 11.7 Å². The van der Waals surface area contributed by atoms with Crippen LogP contribution >= 0.6 is 33.5 Å². The summed E-state index contributed by atoms with van der Waals surface area (Å²) in [6.07, 6.45) is -2.21.